The van der Waals surface area contributed by atoms with Crippen LogP contribution in [0.1, 0.15) is 16.3 Å². The molecule has 0 bridgehead atoms. The van der Waals surface area contributed by atoms with E-state index in [9.17, 15) is 0 Å². The largest absolute Gasteiger partial charge is 0.352 e. The summed E-state index contributed by atoms with van der Waals surface area (Å²) >= 11 is 7.59. The summed E-state index contributed by atoms with van der Waals surface area (Å²) in [7, 11) is 3.78. The number of aliphatic imine (C=N–C) groups is 1. The smallest absolute Gasteiger partial charge is 0.194 e. The fourth-order valence-electron chi connectivity index (χ4n) is 2.55. The molecule has 0 aliphatic rings. The number of thiazole rings is 1. The van der Waals surface area contributed by atoms with Crippen LogP contribution >= 0.6 is 46.9 Å². The maximum absolute atomic E-state index is 5.93. The first kappa shape index (κ1) is 21.6. The molecule has 0 amide bonds. The van der Waals surface area contributed by atoms with Crippen molar-refractivity contribution in [2.75, 3.05) is 14.1 Å². The van der Waals surface area contributed by atoms with Gasteiger partial charge in [0.25, 0.3) is 0 Å². The van der Waals surface area contributed by atoms with Gasteiger partial charge in [0.1, 0.15) is 0 Å². The first-order valence-corrected chi connectivity index (χ1v) is 9.43. The van der Waals surface area contributed by atoms with E-state index in [1.807, 2.05) is 55.3 Å². The van der Waals surface area contributed by atoms with Gasteiger partial charge in [-0.15, -0.1) is 35.3 Å². The number of nitrogens with one attached hydrogen (secondary N) is 1. The highest BCUT2D eigenvalue weighted by Crippen LogP contribution is 2.13. The summed E-state index contributed by atoms with van der Waals surface area (Å²) in [5, 5.41) is 11.6. The van der Waals surface area contributed by atoms with Gasteiger partial charge in [-0.3, -0.25) is 4.99 Å². The quantitative estimate of drug-likeness (QED) is 0.315. The maximum atomic E-state index is 5.93. The van der Waals surface area contributed by atoms with E-state index in [4.69, 9.17) is 11.6 Å². The van der Waals surface area contributed by atoms with Gasteiger partial charge < -0.3 is 10.2 Å². The van der Waals surface area contributed by atoms with Crippen molar-refractivity contribution in [2.45, 2.75) is 20.0 Å². The van der Waals surface area contributed by atoms with Crippen LogP contribution in [0.2, 0.25) is 5.02 Å². The number of nitrogens with zero attached hydrogens (tertiary/aromatic N) is 5. The van der Waals surface area contributed by atoms with Crippen LogP contribution in [0.5, 0.6) is 0 Å². The minimum atomic E-state index is 0. The number of rotatable bonds is 5. The van der Waals surface area contributed by atoms with Gasteiger partial charge in [-0.25, -0.2) is 9.67 Å². The molecule has 0 radical (unpaired) electrons. The van der Waals surface area contributed by atoms with Crippen LogP contribution in [-0.4, -0.2) is 39.7 Å². The normalized spacial score (nSPS) is 11.2. The Bertz CT molecular complexity index is 889. The third-order valence-electron chi connectivity index (χ3n) is 3.82. The lowest BCUT2D eigenvalue weighted by molar-refractivity contribution is 0.470. The molecule has 9 heteroatoms. The molecule has 1 N–H and O–H groups in total. The molecule has 2 heterocycles. The minimum Gasteiger partial charge on any atom is -0.352 e. The SMILES string of the molecule is CN=C(NCc1cnn(-c2ccc(Cl)cc2)c1)N(C)Cc1csc(C)n1.I. The van der Waals surface area contributed by atoms with E-state index in [1.54, 1.807) is 18.4 Å². The van der Waals surface area contributed by atoms with E-state index in [1.165, 1.54) is 0 Å². The van der Waals surface area contributed by atoms with Gasteiger partial charge >= 0.3 is 0 Å². The van der Waals surface area contributed by atoms with Crippen molar-refractivity contribution in [3.05, 3.63) is 63.3 Å². The van der Waals surface area contributed by atoms with Crippen molar-refractivity contribution >= 4 is 52.9 Å². The molecule has 0 unspecified atom stereocenters. The highest BCUT2D eigenvalue weighted by molar-refractivity contribution is 14.0. The lowest BCUT2D eigenvalue weighted by Crippen LogP contribution is -2.38. The summed E-state index contributed by atoms with van der Waals surface area (Å²) in [6.45, 7) is 3.37. The van der Waals surface area contributed by atoms with Gasteiger partial charge in [0.15, 0.2) is 5.96 Å². The van der Waals surface area contributed by atoms with E-state index in [0.717, 1.165) is 27.9 Å². The van der Waals surface area contributed by atoms with Crippen molar-refractivity contribution in [3.63, 3.8) is 0 Å². The van der Waals surface area contributed by atoms with Crippen molar-refractivity contribution in [1.82, 2.24) is 25.0 Å². The zero-order valence-electron chi connectivity index (χ0n) is 15.4. The van der Waals surface area contributed by atoms with Crippen molar-refractivity contribution in [3.8, 4) is 5.69 Å². The predicted octanol–water partition coefficient (Wildman–Crippen LogP) is 4.12. The minimum absolute atomic E-state index is 0. The molecule has 0 fully saturated rings. The first-order chi connectivity index (χ1) is 12.5. The van der Waals surface area contributed by atoms with Crippen molar-refractivity contribution in [2.24, 2.45) is 4.99 Å². The number of halogens is 2. The lowest BCUT2D eigenvalue weighted by Gasteiger charge is -2.20. The molecule has 0 aliphatic heterocycles. The topological polar surface area (TPSA) is 58.3 Å². The van der Waals surface area contributed by atoms with Crippen LogP contribution < -0.4 is 5.32 Å². The van der Waals surface area contributed by atoms with Crippen molar-refractivity contribution < 1.29 is 0 Å². The second kappa shape index (κ2) is 10.0. The van der Waals surface area contributed by atoms with Gasteiger partial charge in [0, 0.05) is 42.8 Å². The molecule has 1 aromatic carbocycles. The average molecular weight is 517 g/mol. The molecule has 0 saturated heterocycles. The third kappa shape index (κ3) is 5.91. The Labute approximate surface area is 185 Å². The second-order valence-corrected chi connectivity index (χ2v) is 7.38. The van der Waals surface area contributed by atoms with E-state index in [-0.39, 0.29) is 24.0 Å². The Morgan fingerprint density at radius 2 is 2.07 bits per heavy atom. The van der Waals surface area contributed by atoms with E-state index in [0.29, 0.717) is 18.1 Å². The zero-order chi connectivity index (χ0) is 18.5. The standard InChI is InChI=1S/C18H21ClN6S.HI/c1-13-23-16(12-26-13)11-24(3)18(20-2)21-8-14-9-22-25(10-14)17-6-4-15(19)5-7-17;/h4-7,9-10,12H,8,11H2,1-3H3,(H,20,21);1H. The predicted molar refractivity (Wildman–Crippen MR) is 123 cm³/mol. The Hall–Kier alpha value is -1.65. The monoisotopic (exact) mass is 516 g/mol. The van der Waals surface area contributed by atoms with Gasteiger partial charge in [-0.1, -0.05) is 11.6 Å². The summed E-state index contributed by atoms with van der Waals surface area (Å²) < 4.78 is 1.83. The summed E-state index contributed by atoms with van der Waals surface area (Å²) in [4.78, 5) is 10.9. The highest BCUT2D eigenvalue weighted by Gasteiger charge is 2.09. The Kier molecular flexibility index (Phi) is 8.06. The van der Waals surface area contributed by atoms with Crippen LogP contribution in [0.15, 0.2) is 47.0 Å². The maximum Gasteiger partial charge on any atom is 0.194 e. The van der Waals surface area contributed by atoms with E-state index in [2.05, 4.69) is 30.7 Å². The van der Waals surface area contributed by atoms with Crippen LogP contribution in [0, 0.1) is 6.92 Å². The molecule has 144 valence electrons. The molecule has 0 spiro atoms. The molecule has 2 aromatic heterocycles. The van der Waals surface area contributed by atoms with Crippen LogP contribution in [0.3, 0.4) is 0 Å². The summed E-state index contributed by atoms with van der Waals surface area (Å²) in [6.07, 6.45) is 3.84. The molecule has 3 aromatic rings. The molecule has 0 saturated carbocycles. The number of aryl methyl sites for hydroxylation is 1. The number of hydrogen-bond acceptors (Lipinski definition) is 4. The molecular weight excluding hydrogens is 495 g/mol. The van der Waals surface area contributed by atoms with Crippen LogP contribution in [0.4, 0.5) is 0 Å². The van der Waals surface area contributed by atoms with Gasteiger partial charge in [0.2, 0.25) is 0 Å². The summed E-state index contributed by atoms with van der Waals surface area (Å²) in [6, 6.07) is 7.59. The van der Waals surface area contributed by atoms with E-state index < -0.39 is 0 Å². The average Bonchev–Trinajstić information content (AvgIpc) is 3.25. The Morgan fingerprint density at radius 3 is 2.70 bits per heavy atom. The second-order valence-electron chi connectivity index (χ2n) is 5.88. The summed E-state index contributed by atoms with van der Waals surface area (Å²) in [5.41, 5.74) is 3.09. The molecule has 3 rings (SSSR count). The number of hydrogen-bond donors (Lipinski definition) is 1. The Balaban J connectivity index is 0.00000261. The van der Waals surface area contributed by atoms with Crippen LogP contribution in [-0.2, 0) is 13.1 Å². The van der Waals surface area contributed by atoms with Gasteiger partial charge in [-0.2, -0.15) is 5.10 Å². The zero-order valence-corrected chi connectivity index (χ0v) is 19.3. The summed E-state index contributed by atoms with van der Waals surface area (Å²) in [5.74, 6) is 0.815. The first-order valence-electron chi connectivity index (χ1n) is 8.17. The highest BCUT2D eigenvalue weighted by atomic mass is 127. The van der Waals surface area contributed by atoms with Gasteiger partial charge in [0.05, 0.1) is 29.1 Å². The van der Waals surface area contributed by atoms with E-state index >= 15 is 0 Å². The lowest BCUT2D eigenvalue weighted by atomic mass is 10.3. The fourth-order valence-corrected chi connectivity index (χ4v) is 3.28. The molecular formula is C18H22ClIN6S. The Morgan fingerprint density at radius 1 is 1.33 bits per heavy atom. The van der Waals surface area contributed by atoms with Gasteiger partial charge in [-0.05, 0) is 31.2 Å². The molecule has 6 nitrogen and oxygen atoms in total. The third-order valence-corrected chi connectivity index (χ3v) is 4.89. The molecule has 0 aliphatic carbocycles. The number of benzene rings is 1. The number of aromatic nitrogens is 3. The fraction of sp³-hybridized carbons (Fsp3) is 0.278. The van der Waals surface area contributed by atoms with Crippen LogP contribution in [0.25, 0.3) is 5.69 Å². The molecule has 27 heavy (non-hydrogen) atoms. The number of guanidine groups is 1. The molecule has 0 atom stereocenters. The van der Waals surface area contributed by atoms with Crippen molar-refractivity contribution in [1.29, 1.82) is 0 Å².